The Balaban J connectivity index is 1.47. The molecule has 4 fully saturated rings. The van der Waals surface area contributed by atoms with E-state index < -0.39 is 0 Å². The van der Waals surface area contributed by atoms with Gasteiger partial charge in [0.1, 0.15) is 0 Å². The number of hydrogen-bond acceptors (Lipinski definition) is 4. The molecule has 2 saturated carbocycles. The lowest BCUT2D eigenvalue weighted by Gasteiger charge is -2.32. The maximum atomic E-state index is 6.46. The molecule has 4 rings (SSSR count). The van der Waals surface area contributed by atoms with E-state index in [0.29, 0.717) is 30.0 Å². The monoisotopic (exact) mass is 352 g/mol. The van der Waals surface area contributed by atoms with Crippen molar-refractivity contribution in [3.8, 4) is 0 Å². The molecule has 2 saturated heterocycles. The molecule has 2 heterocycles. The quantitative estimate of drug-likeness (QED) is 0.753. The van der Waals surface area contributed by atoms with Gasteiger partial charge in [-0.2, -0.15) is 0 Å². The van der Waals surface area contributed by atoms with Crippen LogP contribution in [0.4, 0.5) is 0 Å². The fourth-order valence-electron chi connectivity index (χ4n) is 6.02. The van der Waals surface area contributed by atoms with Crippen LogP contribution in [0.15, 0.2) is 0 Å². The van der Waals surface area contributed by atoms with E-state index in [-0.39, 0.29) is 12.6 Å². The summed E-state index contributed by atoms with van der Waals surface area (Å²) in [7, 11) is 0. The molecule has 0 radical (unpaired) electrons. The van der Waals surface area contributed by atoms with Crippen LogP contribution < -0.4 is 0 Å². The molecule has 2 unspecified atom stereocenters. The van der Waals surface area contributed by atoms with Gasteiger partial charge in [0.25, 0.3) is 0 Å². The van der Waals surface area contributed by atoms with Gasteiger partial charge in [0.2, 0.25) is 0 Å². The average Bonchev–Trinajstić information content (AvgIpc) is 3.12. The SMILES string of the molecule is CCOC1C[C@H]2CC[C@@H](C)[C@H]3C[C@H](OC4CCCCO4)[C@H](C)[C@H]3[C@@H]2O1. The molecule has 0 N–H and O–H groups in total. The lowest BCUT2D eigenvalue weighted by atomic mass is 9.78. The van der Waals surface area contributed by atoms with Crippen molar-refractivity contribution in [2.45, 2.75) is 90.5 Å². The molecule has 144 valence electrons. The summed E-state index contributed by atoms with van der Waals surface area (Å²) in [6.45, 7) is 8.51. The van der Waals surface area contributed by atoms with Gasteiger partial charge in [-0.15, -0.1) is 0 Å². The highest BCUT2D eigenvalue weighted by Crippen LogP contribution is 2.53. The van der Waals surface area contributed by atoms with Crippen LogP contribution in [-0.2, 0) is 18.9 Å². The number of rotatable bonds is 4. The Kier molecular flexibility index (Phi) is 5.71. The molecule has 2 aliphatic carbocycles. The molecular weight excluding hydrogens is 316 g/mol. The van der Waals surface area contributed by atoms with Crippen LogP contribution >= 0.6 is 0 Å². The number of fused-ring (bicyclic) bond motifs is 3. The molecule has 4 heteroatoms. The molecule has 0 aromatic rings. The zero-order chi connectivity index (χ0) is 17.4. The fourth-order valence-corrected chi connectivity index (χ4v) is 6.02. The number of hydrogen-bond donors (Lipinski definition) is 0. The van der Waals surface area contributed by atoms with E-state index in [4.69, 9.17) is 18.9 Å². The third-order valence-electron chi connectivity index (χ3n) is 7.38. The standard InChI is InChI=1S/C21H36O4/c1-4-22-19-11-15-9-8-13(2)16-12-17(14(3)20(16)21(15)25-19)24-18-7-5-6-10-23-18/h13-21H,4-12H2,1-3H3/t13-,14+,15-,16-,17+,18?,19?,20-,21-/m1/s1. The van der Waals surface area contributed by atoms with Gasteiger partial charge in [0.15, 0.2) is 12.6 Å². The van der Waals surface area contributed by atoms with E-state index in [1.165, 1.54) is 32.1 Å². The first-order valence-electron chi connectivity index (χ1n) is 10.7. The Morgan fingerprint density at radius 1 is 1.00 bits per heavy atom. The van der Waals surface area contributed by atoms with Crippen molar-refractivity contribution < 1.29 is 18.9 Å². The first-order chi connectivity index (χ1) is 12.2. The van der Waals surface area contributed by atoms with E-state index in [1.54, 1.807) is 0 Å². The predicted molar refractivity (Wildman–Crippen MR) is 96.0 cm³/mol. The van der Waals surface area contributed by atoms with Crippen LogP contribution in [0.3, 0.4) is 0 Å². The minimum atomic E-state index is 0.0166. The van der Waals surface area contributed by atoms with Crippen molar-refractivity contribution in [2.24, 2.45) is 29.6 Å². The second kappa shape index (κ2) is 7.84. The van der Waals surface area contributed by atoms with E-state index in [1.807, 2.05) is 0 Å². The second-order valence-corrected chi connectivity index (χ2v) is 8.84. The van der Waals surface area contributed by atoms with Crippen molar-refractivity contribution in [3.63, 3.8) is 0 Å². The lowest BCUT2D eigenvalue weighted by Crippen LogP contribution is -2.35. The first kappa shape index (κ1) is 18.2. The van der Waals surface area contributed by atoms with Gasteiger partial charge >= 0.3 is 0 Å². The first-order valence-corrected chi connectivity index (χ1v) is 10.7. The molecular formula is C21H36O4. The van der Waals surface area contributed by atoms with Gasteiger partial charge < -0.3 is 18.9 Å². The molecule has 0 bridgehead atoms. The van der Waals surface area contributed by atoms with Crippen molar-refractivity contribution in [1.29, 1.82) is 0 Å². The Hall–Kier alpha value is -0.160. The Morgan fingerprint density at radius 3 is 2.64 bits per heavy atom. The van der Waals surface area contributed by atoms with Crippen LogP contribution in [0.5, 0.6) is 0 Å². The molecule has 2 aliphatic heterocycles. The second-order valence-electron chi connectivity index (χ2n) is 8.84. The number of ether oxygens (including phenoxy) is 4. The third kappa shape index (κ3) is 3.65. The summed E-state index contributed by atoms with van der Waals surface area (Å²) in [5.74, 6) is 3.32. The van der Waals surface area contributed by atoms with Crippen LogP contribution in [0.1, 0.15) is 65.7 Å². The molecule has 9 atom stereocenters. The van der Waals surface area contributed by atoms with Gasteiger partial charge in [-0.3, -0.25) is 0 Å². The van der Waals surface area contributed by atoms with Crippen LogP contribution in [-0.4, -0.2) is 38.0 Å². The highest BCUT2D eigenvalue weighted by Gasteiger charge is 2.54. The molecule has 0 amide bonds. The van der Waals surface area contributed by atoms with Crippen LogP contribution in [0, 0.1) is 29.6 Å². The van der Waals surface area contributed by atoms with Gasteiger partial charge in [-0.1, -0.05) is 20.3 Å². The minimum Gasteiger partial charge on any atom is -0.353 e. The Bertz CT molecular complexity index is 436. The zero-order valence-corrected chi connectivity index (χ0v) is 16.2. The molecule has 0 aromatic heterocycles. The summed E-state index contributed by atoms with van der Waals surface area (Å²) >= 11 is 0. The van der Waals surface area contributed by atoms with Crippen LogP contribution in [0.2, 0.25) is 0 Å². The highest BCUT2D eigenvalue weighted by atomic mass is 16.7. The van der Waals surface area contributed by atoms with E-state index in [0.717, 1.165) is 37.9 Å². The Labute approximate surface area is 152 Å². The van der Waals surface area contributed by atoms with Crippen LogP contribution in [0.25, 0.3) is 0 Å². The summed E-state index contributed by atoms with van der Waals surface area (Å²) in [5.41, 5.74) is 0. The third-order valence-corrected chi connectivity index (χ3v) is 7.38. The van der Waals surface area contributed by atoms with Crippen molar-refractivity contribution >= 4 is 0 Å². The maximum absolute atomic E-state index is 6.46. The topological polar surface area (TPSA) is 36.9 Å². The van der Waals surface area contributed by atoms with Gasteiger partial charge in [-0.05, 0) is 68.6 Å². The summed E-state index contributed by atoms with van der Waals surface area (Å²) < 4.78 is 24.6. The minimum absolute atomic E-state index is 0.0166. The van der Waals surface area contributed by atoms with Gasteiger partial charge in [0, 0.05) is 19.6 Å². The highest BCUT2D eigenvalue weighted by molar-refractivity contribution is 5.01. The van der Waals surface area contributed by atoms with Crippen molar-refractivity contribution in [2.75, 3.05) is 13.2 Å². The van der Waals surface area contributed by atoms with Gasteiger partial charge in [0.05, 0.1) is 12.2 Å². The maximum Gasteiger partial charge on any atom is 0.158 e. The largest absolute Gasteiger partial charge is 0.353 e. The molecule has 0 spiro atoms. The molecule has 0 aromatic carbocycles. The molecule has 4 nitrogen and oxygen atoms in total. The smallest absolute Gasteiger partial charge is 0.158 e. The lowest BCUT2D eigenvalue weighted by molar-refractivity contribution is -0.197. The van der Waals surface area contributed by atoms with E-state index in [9.17, 15) is 0 Å². The molecule has 4 aliphatic rings. The normalized spacial score (nSPS) is 50.3. The Morgan fingerprint density at radius 2 is 1.88 bits per heavy atom. The summed E-state index contributed by atoms with van der Waals surface area (Å²) in [5, 5.41) is 0. The summed E-state index contributed by atoms with van der Waals surface area (Å²) in [6.07, 6.45) is 9.09. The fraction of sp³-hybridized carbons (Fsp3) is 1.00. The van der Waals surface area contributed by atoms with Crippen molar-refractivity contribution in [1.82, 2.24) is 0 Å². The predicted octanol–water partition coefficient (Wildman–Crippen LogP) is 4.37. The van der Waals surface area contributed by atoms with E-state index in [2.05, 4.69) is 20.8 Å². The van der Waals surface area contributed by atoms with Crippen molar-refractivity contribution in [3.05, 3.63) is 0 Å². The zero-order valence-electron chi connectivity index (χ0n) is 16.2. The van der Waals surface area contributed by atoms with Gasteiger partial charge in [-0.25, -0.2) is 0 Å². The summed E-state index contributed by atoms with van der Waals surface area (Å²) in [4.78, 5) is 0. The van der Waals surface area contributed by atoms with E-state index >= 15 is 0 Å². The average molecular weight is 353 g/mol. The molecule has 25 heavy (non-hydrogen) atoms. The summed E-state index contributed by atoms with van der Waals surface area (Å²) in [6, 6.07) is 0.